The van der Waals surface area contributed by atoms with E-state index in [0.717, 1.165) is 0 Å². The summed E-state index contributed by atoms with van der Waals surface area (Å²) in [6.07, 6.45) is 4.87. The number of hydrogen-bond donors (Lipinski definition) is 0. The van der Waals surface area contributed by atoms with Gasteiger partial charge in [-0.05, 0) is 29.1 Å². The van der Waals surface area contributed by atoms with E-state index in [-0.39, 0.29) is 18.7 Å². The Hall–Kier alpha value is -1.41. The molecule has 0 amide bonds. The van der Waals surface area contributed by atoms with Gasteiger partial charge in [-0.25, -0.2) is 9.97 Å². The molecule has 0 radical (unpaired) electrons. The number of halogens is 1. The standard InChI is InChI=1S/C12H12BrN3O3S/c1-3-19-9(17)6-16-5-8(13)10-7(11(16)18)4-14-12(15-10)20-2/h4-5H,3,6H2,1-2H3. The van der Waals surface area contributed by atoms with Crippen LogP contribution in [-0.4, -0.2) is 33.4 Å². The van der Waals surface area contributed by atoms with Crippen LogP contribution >= 0.6 is 27.7 Å². The van der Waals surface area contributed by atoms with Gasteiger partial charge in [0.2, 0.25) is 0 Å². The summed E-state index contributed by atoms with van der Waals surface area (Å²) in [5.41, 5.74) is 0.221. The van der Waals surface area contributed by atoms with E-state index < -0.39 is 5.97 Å². The first-order valence-corrected chi connectivity index (χ1v) is 7.84. The quantitative estimate of drug-likeness (QED) is 0.472. The van der Waals surface area contributed by atoms with Gasteiger partial charge in [0.05, 0.1) is 22.0 Å². The van der Waals surface area contributed by atoms with E-state index in [2.05, 4.69) is 25.9 Å². The third-order valence-corrected chi connectivity index (χ3v) is 3.68. The molecule has 6 nitrogen and oxygen atoms in total. The molecule has 0 aliphatic rings. The highest BCUT2D eigenvalue weighted by Crippen LogP contribution is 2.20. The fourth-order valence-corrected chi connectivity index (χ4v) is 2.57. The highest BCUT2D eigenvalue weighted by atomic mass is 79.9. The van der Waals surface area contributed by atoms with Crippen LogP contribution in [-0.2, 0) is 16.1 Å². The summed E-state index contributed by atoms with van der Waals surface area (Å²) in [5.74, 6) is -0.456. The SMILES string of the molecule is CCOC(=O)Cn1cc(Br)c2nc(SC)ncc2c1=O. The molecule has 20 heavy (non-hydrogen) atoms. The average Bonchev–Trinajstić information content (AvgIpc) is 2.44. The van der Waals surface area contributed by atoms with Crippen molar-refractivity contribution < 1.29 is 9.53 Å². The van der Waals surface area contributed by atoms with Crippen molar-refractivity contribution in [2.45, 2.75) is 18.6 Å². The largest absolute Gasteiger partial charge is 0.465 e. The maximum Gasteiger partial charge on any atom is 0.326 e. The van der Waals surface area contributed by atoms with Crippen LogP contribution in [0.4, 0.5) is 0 Å². The smallest absolute Gasteiger partial charge is 0.326 e. The third-order valence-electron chi connectivity index (χ3n) is 2.54. The molecule has 2 rings (SSSR count). The minimum absolute atomic E-state index is 0.133. The predicted octanol–water partition coefficient (Wildman–Crippen LogP) is 1.84. The Morgan fingerprint density at radius 1 is 1.55 bits per heavy atom. The summed E-state index contributed by atoms with van der Waals surface area (Å²) in [6, 6.07) is 0. The highest BCUT2D eigenvalue weighted by Gasteiger charge is 2.12. The number of carbonyl (C=O) groups excluding carboxylic acids is 1. The van der Waals surface area contributed by atoms with E-state index >= 15 is 0 Å². The number of aromatic nitrogens is 3. The summed E-state index contributed by atoms with van der Waals surface area (Å²) in [6.45, 7) is 1.86. The fourth-order valence-electron chi connectivity index (χ4n) is 1.68. The molecule has 2 aromatic rings. The molecule has 0 aliphatic carbocycles. The molecule has 2 heterocycles. The second kappa shape index (κ2) is 6.36. The van der Waals surface area contributed by atoms with Crippen LogP contribution in [0.15, 0.2) is 26.8 Å². The van der Waals surface area contributed by atoms with Crippen LogP contribution in [0.3, 0.4) is 0 Å². The van der Waals surface area contributed by atoms with E-state index in [1.807, 2.05) is 6.26 Å². The third kappa shape index (κ3) is 3.01. The van der Waals surface area contributed by atoms with E-state index in [1.54, 1.807) is 13.1 Å². The van der Waals surface area contributed by atoms with E-state index in [9.17, 15) is 9.59 Å². The molecule has 0 bridgehead atoms. The van der Waals surface area contributed by atoms with Gasteiger partial charge in [0, 0.05) is 12.4 Å². The van der Waals surface area contributed by atoms with Gasteiger partial charge in [0.1, 0.15) is 6.54 Å². The van der Waals surface area contributed by atoms with Crippen molar-refractivity contribution in [2.24, 2.45) is 0 Å². The number of carbonyl (C=O) groups is 1. The summed E-state index contributed by atoms with van der Waals surface area (Å²) >= 11 is 4.76. The molecular formula is C12H12BrN3O3S. The zero-order valence-electron chi connectivity index (χ0n) is 10.9. The Morgan fingerprint density at radius 3 is 2.95 bits per heavy atom. The first-order valence-electron chi connectivity index (χ1n) is 5.82. The molecule has 106 valence electrons. The summed E-state index contributed by atoms with van der Waals surface area (Å²) < 4.78 is 6.76. The van der Waals surface area contributed by atoms with Crippen molar-refractivity contribution in [3.63, 3.8) is 0 Å². The Balaban J connectivity index is 2.52. The zero-order valence-corrected chi connectivity index (χ0v) is 13.3. The second-order valence-corrected chi connectivity index (χ2v) is 5.46. The van der Waals surface area contributed by atoms with Crippen molar-refractivity contribution in [3.05, 3.63) is 27.2 Å². The summed E-state index contributed by atoms with van der Waals surface area (Å²) in [4.78, 5) is 32.1. The number of fused-ring (bicyclic) bond motifs is 1. The minimum Gasteiger partial charge on any atom is -0.465 e. The molecular weight excluding hydrogens is 346 g/mol. The maximum atomic E-state index is 12.3. The Bertz CT molecular complexity index is 717. The number of pyridine rings is 1. The van der Waals surface area contributed by atoms with Crippen LogP contribution in [0, 0.1) is 0 Å². The van der Waals surface area contributed by atoms with E-state index in [4.69, 9.17) is 4.74 Å². The van der Waals surface area contributed by atoms with Gasteiger partial charge in [-0.1, -0.05) is 11.8 Å². The maximum absolute atomic E-state index is 12.3. The number of hydrogen-bond acceptors (Lipinski definition) is 6. The normalized spacial score (nSPS) is 10.8. The molecule has 0 unspecified atom stereocenters. The van der Waals surface area contributed by atoms with Gasteiger partial charge < -0.3 is 9.30 Å². The fraction of sp³-hybridized carbons (Fsp3) is 0.333. The molecule has 0 aliphatic heterocycles. The van der Waals surface area contributed by atoms with Gasteiger partial charge in [-0.3, -0.25) is 9.59 Å². The molecule has 0 N–H and O–H groups in total. The van der Waals surface area contributed by atoms with Gasteiger partial charge >= 0.3 is 5.97 Å². The van der Waals surface area contributed by atoms with Crippen LogP contribution in [0.5, 0.6) is 0 Å². The lowest BCUT2D eigenvalue weighted by Crippen LogP contribution is -2.25. The average molecular weight is 358 g/mol. The van der Waals surface area contributed by atoms with Crippen molar-refractivity contribution in [1.82, 2.24) is 14.5 Å². The second-order valence-electron chi connectivity index (χ2n) is 3.83. The lowest BCUT2D eigenvalue weighted by molar-refractivity contribution is -0.143. The first kappa shape index (κ1) is 15.0. The van der Waals surface area contributed by atoms with Crippen molar-refractivity contribution in [2.75, 3.05) is 12.9 Å². The molecule has 0 saturated heterocycles. The number of thioether (sulfide) groups is 1. The Kier molecular flexibility index (Phi) is 4.77. The van der Waals surface area contributed by atoms with Gasteiger partial charge in [0.25, 0.3) is 5.56 Å². The lowest BCUT2D eigenvalue weighted by Gasteiger charge is -2.08. The molecule has 2 aromatic heterocycles. The van der Waals surface area contributed by atoms with Crippen molar-refractivity contribution in [3.8, 4) is 0 Å². The number of nitrogens with zero attached hydrogens (tertiary/aromatic N) is 3. The topological polar surface area (TPSA) is 74.1 Å². The lowest BCUT2D eigenvalue weighted by atomic mass is 10.3. The molecule has 0 atom stereocenters. The van der Waals surface area contributed by atoms with Crippen LogP contribution < -0.4 is 5.56 Å². The highest BCUT2D eigenvalue weighted by molar-refractivity contribution is 9.10. The molecule has 8 heteroatoms. The first-order chi connectivity index (χ1) is 9.56. The van der Waals surface area contributed by atoms with Gasteiger partial charge in [0.15, 0.2) is 5.16 Å². The number of rotatable bonds is 4. The van der Waals surface area contributed by atoms with E-state index in [1.165, 1.54) is 22.5 Å². The van der Waals surface area contributed by atoms with Crippen LogP contribution in [0.1, 0.15) is 6.92 Å². The van der Waals surface area contributed by atoms with Crippen LogP contribution in [0.25, 0.3) is 10.9 Å². The number of ether oxygens (including phenoxy) is 1. The Morgan fingerprint density at radius 2 is 2.30 bits per heavy atom. The Labute approximate surface area is 127 Å². The van der Waals surface area contributed by atoms with Crippen molar-refractivity contribution >= 4 is 44.6 Å². The predicted molar refractivity (Wildman–Crippen MR) is 79.9 cm³/mol. The minimum atomic E-state index is -0.456. The zero-order chi connectivity index (χ0) is 14.7. The molecule has 0 aromatic carbocycles. The number of esters is 1. The molecule has 0 saturated carbocycles. The van der Waals surface area contributed by atoms with Crippen molar-refractivity contribution in [1.29, 1.82) is 0 Å². The molecule has 0 fully saturated rings. The molecule has 0 spiro atoms. The van der Waals surface area contributed by atoms with Crippen LogP contribution in [0.2, 0.25) is 0 Å². The van der Waals surface area contributed by atoms with Gasteiger partial charge in [-0.2, -0.15) is 0 Å². The van der Waals surface area contributed by atoms with E-state index in [0.29, 0.717) is 20.5 Å². The summed E-state index contributed by atoms with van der Waals surface area (Å²) in [5, 5.41) is 0.946. The monoisotopic (exact) mass is 357 g/mol. The summed E-state index contributed by atoms with van der Waals surface area (Å²) in [7, 11) is 0. The van der Waals surface area contributed by atoms with Gasteiger partial charge in [-0.15, -0.1) is 0 Å².